The van der Waals surface area contributed by atoms with Crippen LogP contribution in [0, 0.1) is 17.0 Å². The lowest BCUT2D eigenvalue weighted by molar-refractivity contribution is -0.385. The van der Waals surface area contributed by atoms with Gasteiger partial charge < -0.3 is 5.11 Å². The van der Waals surface area contributed by atoms with Crippen LogP contribution in [0.2, 0.25) is 0 Å². The Kier molecular flexibility index (Phi) is 2.40. The summed E-state index contributed by atoms with van der Waals surface area (Å²) < 4.78 is 0. The first kappa shape index (κ1) is 8.67. The van der Waals surface area contributed by atoms with Crippen LogP contribution in [0.1, 0.15) is 11.1 Å². The number of aliphatic hydroxyl groups is 1. The van der Waals surface area contributed by atoms with Crippen molar-refractivity contribution >= 4 is 5.69 Å². The summed E-state index contributed by atoms with van der Waals surface area (Å²) in [5.41, 5.74) is 1.08. The highest BCUT2D eigenvalue weighted by atomic mass is 16.6. The van der Waals surface area contributed by atoms with E-state index in [1.54, 1.807) is 0 Å². The molecule has 1 rings (SSSR count). The largest absolute Gasteiger partial charge is 0.392 e. The minimum absolute atomic E-state index is 0.0218. The van der Waals surface area contributed by atoms with Gasteiger partial charge in [0.2, 0.25) is 0 Å². The van der Waals surface area contributed by atoms with Crippen molar-refractivity contribution in [3.05, 3.63) is 46.4 Å². The Morgan fingerprint density at radius 2 is 2.25 bits per heavy atom. The summed E-state index contributed by atoms with van der Waals surface area (Å²) in [6.07, 6.45) is 0. The van der Waals surface area contributed by atoms with Gasteiger partial charge in [-0.1, -0.05) is 6.07 Å². The molecule has 0 atom stereocenters. The van der Waals surface area contributed by atoms with Crippen LogP contribution < -0.4 is 0 Å². The number of non-ortho nitro benzene ring substituents is 1. The third-order valence-corrected chi connectivity index (χ3v) is 1.57. The summed E-state index contributed by atoms with van der Waals surface area (Å²) in [6.45, 7) is 3.39. The van der Waals surface area contributed by atoms with Gasteiger partial charge in [-0.3, -0.25) is 10.1 Å². The molecule has 1 aromatic carbocycles. The fourth-order valence-corrected chi connectivity index (χ4v) is 0.873. The van der Waals surface area contributed by atoms with E-state index in [1.807, 2.05) is 0 Å². The highest BCUT2D eigenvalue weighted by Crippen LogP contribution is 2.16. The predicted octanol–water partition coefficient (Wildman–Crippen LogP) is 1.27. The molecule has 63 valence electrons. The summed E-state index contributed by atoms with van der Waals surface area (Å²) in [7, 11) is 0. The molecule has 0 aliphatic heterocycles. The van der Waals surface area contributed by atoms with Crippen LogP contribution in [0.25, 0.3) is 0 Å². The summed E-state index contributed by atoms with van der Waals surface area (Å²) >= 11 is 0. The van der Waals surface area contributed by atoms with E-state index in [2.05, 4.69) is 6.92 Å². The number of hydrogen-bond donors (Lipinski definition) is 1. The van der Waals surface area contributed by atoms with Gasteiger partial charge in [-0.05, 0) is 18.1 Å². The Hall–Kier alpha value is -1.42. The number of rotatable bonds is 2. The van der Waals surface area contributed by atoms with Crippen LogP contribution >= 0.6 is 0 Å². The molecule has 4 heteroatoms. The molecule has 1 N–H and O–H groups in total. The lowest BCUT2D eigenvalue weighted by Gasteiger charge is -2.00. The van der Waals surface area contributed by atoms with E-state index < -0.39 is 4.92 Å². The zero-order valence-electron chi connectivity index (χ0n) is 6.36. The number of hydrogen-bond acceptors (Lipinski definition) is 3. The van der Waals surface area contributed by atoms with Crippen LogP contribution in [-0.2, 0) is 6.61 Å². The smallest absolute Gasteiger partial charge is 0.269 e. The van der Waals surface area contributed by atoms with E-state index in [9.17, 15) is 10.1 Å². The molecular formula is C8H8NO3. The van der Waals surface area contributed by atoms with Gasteiger partial charge >= 0.3 is 0 Å². The monoisotopic (exact) mass is 166 g/mol. The van der Waals surface area contributed by atoms with Crippen LogP contribution in [0.15, 0.2) is 18.2 Å². The molecule has 0 saturated heterocycles. The molecule has 0 saturated carbocycles. The lowest BCUT2D eigenvalue weighted by Crippen LogP contribution is -1.93. The van der Waals surface area contributed by atoms with E-state index in [-0.39, 0.29) is 12.3 Å². The van der Waals surface area contributed by atoms with Crippen molar-refractivity contribution in [2.75, 3.05) is 0 Å². The average Bonchev–Trinajstić information content (AvgIpc) is 2.05. The summed E-state index contributed by atoms with van der Waals surface area (Å²) in [5.74, 6) is 0. The summed E-state index contributed by atoms with van der Waals surface area (Å²) in [4.78, 5) is 9.78. The van der Waals surface area contributed by atoms with Crippen molar-refractivity contribution < 1.29 is 10.0 Å². The SMILES string of the molecule is [CH2]c1ccc([N+](=O)[O-])cc1CO. The van der Waals surface area contributed by atoms with E-state index in [0.29, 0.717) is 11.1 Å². The second kappa shape index (κ2) is 3.32. The van der Waals surface area contributed by atoms with Gasteiger partial charge in [-0.2, -0.15) is 0 Å². The first-order valence-corrected chi connectivity index (χ1v) is 3.35. The third kappa shape index (κ3) is 1.60. The van der Waals surface area contributed by atoms with Crippen LogP contribution in [0.5, 0.6) is 0 Å². The topological polar surface area (TPSA) is 63.4 Å². The molecule has 1 radical (unpaired) electrons. The normalized spacial score (nSPS) is 9.83. The Morgan fingerprint density at radius 1 is 1.58 bits per heavy atom. The zero-order chi connectivity index (χ0) is 9.14. The Morgan fingerprint density at radius 3 is 2.75 bits per heavy atom. The van der Waals surface area contributed by atoms with Crippen molar-refractivity contribution in [3.63, 3.8) is 0 Å². The molecule has 0 unspecified atom stereocenters. The maximum atomic E-state index is 10.3. The molecule has 4 nitrogen and oxygen atoms in total. The van der Waals surface area contributed by atoms with Crippen molar-refractivity contribution in [2.45, 2.75) is 6.61 Å². The number of nitro groups is 1. The standard InChI is InChI=1S/C8H8NO3/c1-6-2-3-8(9(11)12)4-7(6)5-10/h2-4,10H,1,5H2. The molecule has 0 aliphatic carbocycles. The second-order valence-corrected chi connectivity index (χ2v) is 2.37. The van der Waals surface area contributed by atoms with E-state index in [0.717, 1.165) is 0 Å². The second-order valence-electron chi connectivity index (χ2n) is 2.37. The molecule has 0 aromatic heterocycles. The fraction of sp³-hybridized carbons (Fsp3) is 0.125. The van der Waals surface area contributed by atoms with Gasteiger partial charge in [-0.25, -0.2) is 0 Å². The Labute approximate surface area is 69.6 Å². The Bertz CT molecular complexity index is 309. The van der Waals surface area contributed by atoms with Crippen molar-refractivity contribution in [1.29, 1.82) is 0 Å². The minimum Gasteiger partial charge on any atom is -0.392 e. The molecule has 0 heterocycles. The maximum Gasteiger partial charge on any atom is 0.269 e. The summed E-state index contributed by atoms with van der Waals surface area (Å²) in [6, 6.07) is 4.20. The summed E-state index contributed by atoms with van der Waals surface area (Å²) in [5, 5.41) is 19.0. The average molecular weight is 166 g/mol. The molecule has 0 bridgehead atoms. The highest BCUT2D eigenvalue weighted by molar-refractivity contribution is 5.40. The Balaban J connectivity index is 3.13. The first-order chi connectivity index (χ1) is 5.65. The molecule has 0 aliphatic rings. The molecule has 12 heavy (non-hydrogen) atoms. The van der Waals surface area contributed by atoms with Gasteiger partial charge in [0.15, 0.2) is 0 Å². The third-order valence-electron chi connectivity index (χ3n) is 1.57. The van der Waals surface area contributed by atoms with Crippen LogP contribution in [0.3, 0.4) is 0 Å². The quantitative estimate of drug-likeness (QED) is 0.531. The highest BCUT2D eigenvalue weighted by Gasteiger charge is 2.06. The van der Waals surface area contributed by atoms with Gasteiger partial charge in [0.25, 0.3) is 5.69 Å². The predicted molar refractivity (Wildman–Crippen MR) is 43.5 cm³/mol. The fourth-order valence-electron chi connectivity index (χ4n) is 0.873. The zero-order valence-corrected chi connectivity index (χ0v) is 6.36. The number of aliphatic hydroxyl groups excluding tert-OH is 1. The van der Waals surface area contributed by atoms with Crippen LogP contribution in [0.4, 0.5) is 5.69 Å². The minimum atomic E-state index is -0.501. The first-order valence-electron chi connectivity index (χ1n) is 3.35. The van der Waals surface area contributed by atoms with E-state index >= 15 is 0 Å². The molecule has 0 amide bonds. The van der Waals surface area contributed by atoms with Crippen molar-refractivity contribution in [2.24, 2.45) is 0 Å². The number of benzene rings is 1. The van der Waals surface area contributed by atoms with E-state index in [4.69, 9.17) is 5.11 Å². The molecule has 1 aromatic rings. The van der Waals surface area contributed by atoms with Gasteiger partial charge in [0.1, 0.15) is 0 Å². The van der Waals surface area contributed by atoms with E-state index in [1.165, 1.54) is 18.2 Å². The maximum absolute atomic E-state index is 10.3. The van der Waals surface area contributed by atoms with Crippen molar-refractivity contribution in [1.82, 2.24) is 0 Å². The molecule has 0 spiro atoms. The van der Waals surface area contributed by atoms with Gasteiger partial charge in [0, 0.05) is 12.1 Å². The molecular weight excluding hydrogens is 158 g/mol. The van der Waals surface area contributed by atoms with Gasteiger partial charge in [0.05, 0.1) is 11.5 Å². The van der Waals surface area contributed by atoms with Crippen LogP contribution in [-0.4, -0.2) is 10.0 Å². The van der Waals surface area contributed by atoms with Crippen molar-refractivity contribution in [3.8, 4) is 0 Å². The number of nitrogens with zero attached hydrogens (tertiary/aromatic N) is 1. The lowest BCUT2D eigenvalue weighted by atomic mass is 10.1. The number of nitro benzene ring substituents is 1. The van der Waals surface area contributed by atoms with Gasteiger partial charge in [-0.15, -0.1) is 0 Å². The molecule has 0 fully saturated rings.